The lowest BCUT2D eigenvalue weighted by Gasteiger charge is -2.32. The van der Waals surface area contributed by atoms with Crippen molar-refractivity contribution in [3.8, 4) is 0 Å². The molecule has 0 radical (unpaired) electrons. The molecule has 8 nitrogen and oxygen atoms in total. The number of carbonyl (C=O) groups excluding carboxylic acids is 2. The van der Waals surface area contributed by atoms with E-state index in [1.807, 2.05) is 4.90 Å². The van der Waals surface area contributed by atoms with Crippen LogP contribution >= 0.6 is 24.8 Å². The Morgan fingerprint density at radius 2 is 1.93 bits per heavy atom. The molecule has 0 aliphatic carbocycles. The number of imidazole rings is 1. The van der Waals surface area contributed by atoms with Gasteiger partial charge in [-0.25, -0.2) is 9.97 Å². The molecule has 0 aromatic carbocycles. The summed E-state index contributed by atoms with van der Waals surface area (Å²) in [5, 5.41) is 6.26. The van der Waals surface area contributed by atoms with E-state index in [1.165, 1.54) is 0 Å². The first kappa shape index (κ1) is 22.4. The van der Waals surface area contributed by atoms with Crippen LogP contribution in [0.15, 0.2) is 24.8 Å². The Labute approximate surface area is 176 Å². The number of nitrogens with one attached hydrogen (secondary N) is 2. The molecule has 154 valence electrons. The Hall–Kier alpha value is -1.90. The predicted molar refractivity (Wildman–Crippen MR) is 110 cm³/mol. The maximum Gasteiger partial charge on any atom is 0.276 e. The van der Waals surface area contributed by atoms with Crippen molar-refractivity contribution in [2.24, 2.45) is 5.92 Å². The highest BCUT2D eigenvalue weighted by Crippen LogP contribution is 2.19. The average molecular weight is 429 g/mol. The number of piperidine rings is 1. The van der Waals surface area contributed by atoms with Crippen LogP contribution in [0.5, 0.6) is 0 Å². The van der Waals surface area contributed by atoms with Crippen molar-refractivity contribution in [3.05, 3.63) is 30.5 Å². The number of nitrogens with zero attached hydrogens (tertiary/aromatic N) is 4. The smallest absolute Gasteiger partial charge is 0.276 e. The lowest BCUT2D eigenvalue weighted by molar-refractivity contribution is -0.123. The molecule has 4 rings (SSSR count). The summed E-state index contributed by atoms with van der Waals surface area (Å²) in [7, 11) is 0. The Morgan fingerprint density at radius 1 is 1.14 bits per heavy atom. The van der Waals surface area contributed by atoms with E-state index in [1.54, 1.807) is 29.2 Å². The monoisotopic (exact) mass is 428 g/mol. The first-order valence-electron chi connectivity index (χ1n) is 9.30. The molecule has 2 N–H and O–H groups in total. The molecule has 2 aromatic heterocycles. The van der Waals surface area contributed by atoms with Gasteiger partial charge in [-0.1, -0.05) is 0 Å². The summed E-state index contributed by atoms with van der Waals surface area (Å²) in [4.78, 5) is 35.4. The van der Waals surface area contributed by atoms with Gasteiger partial charge in [0, 0.05) is 44.4 Å². The van der Waals surface area contributed by atoms with E-state index in [0.29, 0.717) is 24.4 Å². The molecule has 0 bridgehead atoms. The Kier molecular flexibility index (Phi) is 8.03. The lowest BCUT2D eigenvalue weighted by atomic mass is 9.97. The number of hydrogen-bond donors (Lipinski definition) is 2. The second-order valence-electron chi connectivity index (χ2n) is 7.09. The molecule has 2 saturated heterocycles. The van der Waals surface area contributed by atoms with Crippen LogP contribution in [0, 0.1) is 5.92 Å². The van der Waals surface area contributed by atoms with Crippen LogP contribution < -0.4 is 10.6 Å². The number of rotatable bonds is 4. The molecule has 0 saturated carbocycles. The zero-order chi connectivity index (χ0) is 17.9. The summed E-state index contributed by atoms with van der Waals surface area (Å²) in [6.45, 7) is 2.88. The van der Waals surface area contributed by atoms with E-state index >= 15 is 0 Å². The third-order valence-electron chi connectivity index (χ3n) is 5.26. The zero-order valence-electron chi connectivity index (χ0n) is 15.5. The lowest BCUT2D eigenvalue weighted by Crippen LogP contribution is -2.46. The number of carbonyl (C=O) groups is 2. The minimum absolute atomic E-state index is 0. The van der Waals surface area contributed by atoms with Gasteiger partial charge < -0.3 is 19.9 Å². The zero-order valence-corrected chi connectivity index (χ0v) is 17.2. The van der Waals surface area contributed by atoms with Crippen LogP contribution in [0.2, 0.25) is 0 Å². The van der Waals surface area contributed by atoms with Gasteiger partial charge in [0.05, 0.1) is 6.04 Å². The first-order chi connectivity index (χ1) is 12.7. The van der Waals surface area contributed by atoms with Crippen molar-refractivity contribution in [1.82, 2.24) is 29.9 Å². The van der Waals surface area contributed by atoms with E-state index in [4.69, 9.17) is 0 Å². The highest BCUT2D eigenvalue weighted by atomic mass is 35.5. The number of fused-ring (bicyclic) bond motifs is 1. The summed E-state index contributed by atoms with van der Waals surface area (Å²) in [6.07, 6.45) is 10.8. The minimum atomic E-state index is -0.0877. The number of amides is 2. The quantitative estimate of drug-likeness (QED) is 0.765. The van der Waals surface area contributed by atoms with Crippen molar-refractivity contribution in [2.75, 3.05) is 26.2 Å². The molecular formula is C18H26Cl2N6O2. The molecule has 2 amide bonds. The van der Waals surface area contributed by atoms with E-state index in [0.717, 1.165) is 38.8 Å². The molecule has 2 unspecified atom stereocenters. The van der Waals surface area contributed by atoms with Crippen molar-refractivity contribution in [3.63, 3.8) is 0 Å². The van der Waals surface area contributed by atoms with Crippen molar-refractivity contribution >= 4 is 42.3 Å². The maximum absolute atomic E-state index is 12.9. The molecule has 2 aliphatic rings. The van der Waals surface area contributed by atoms with Crippen molar-refractivity contribution in [1.29, 1.82) is 0 Å². The van der Waals surface area contributed by atoms with Crippen LogP contribution in [-0.2, 0) is 4.79 Å². The second kappa shape index (κ2) is 10.0. The van der Waals surface area contributed by atoms with E-state index in [-0.39, 0.29) is 48.6 Å². The van der Waals surface area contributed by atoms with Gasteiger partial charge in [-0.3, -0.25) is 9.59 Å². The standard InChI is InChI=1S/C18H24N6O2.2ClH/c25-17(14-4-1-5-19-14)22-11-13-3-2-8-24(12-13)18(26)15-16-21-7-10-23(16)9-6-20-15;;/h6-7,9-10,13-14,19H,1-5,8,11-12H2,(H,22,25);2*1H. The highest BCUT2D eigenvalue weighted by molar-refractivity contribution is 5.97. The second-order valence-corrected chi connectivity index (χ2v) is 7.09. The molecule has 2 aromatic rings. The number of likely N-dealkylation sites (tertiary alicyclic amines) is 1. The largest absolute Gasteiger partial charge is 0.354 e. The van der Waals surface area contributed by atoms with Gasteiger partial charge in [0.1, 0.15) is 0 Å². The van der Waals surface area contributed by atoms with Crippen molar-refractivity contribution in [2.45, 2.75) is 31.7 Å². The molecule has 0 spiro atoms. The fourth-order valence-corrected chi connectivity index (χ4v) is 3.85. The van der Waals surface area contributed by atoms with Gasteiger partial charge in [-0.05, 0) is 38.1 Å². The van der Waals surface area contributed by atoms with Crippen LogP contribution in [0.25, 0.3) is 5.65 Å². The summed E-state index contributed by atoms with van der Waals surface area (Å²) in [5.74, 6) is 0.266. The van der Waals surface area contributed by atoms with E-state index in [2.05, 4.69) is 20.6 Å². The molecule has 2 atom stereocenters. The number of aromatic nitrogens is 3. The van der Waals surface area contributed by atoms with Gasteiger partial charge in [0.25, 0.3) is 5.91 Å². The fourth-order valence-electron chi connectivity index (χ4n) is 3.85. The van der Waals surface area contributed by atoms with E-state index < -0.39 is 0 Å². The summed E-state index contributed by atoms with van der Waals surface area (Å²) in [5.41, 5.74) is 0.970. The minimum Gasteiger partial charge on any atom is -0.354 e. The fraction of sp³-hybridized carbons (Fsp3) is 0.556. The van der Waals surface area contributed by atoms with Crippen LogP contribution in [-0.4, -0.2) is 63.3 Å². The van der Waals surface area contributed by atoms with Gasteiger partial charge in [0.2, 0.25) is 5.91 Å². The van der Waals surface area contributed by atoms with Crippen LogP contribution in [0.1, 0.15) is 36.2 Å². The normalized spacial score (nSPS) is 21.6. The predicted octanol–water partition coefficient (Wildman–Crippen LogP) is 1.29. The molecule has 2 aliphatic heterocycles. The Morgan fingerprint density at radius 3 is 2.68 bits per heavy atom. The molecule has 4 heterocycles. The Balaban J connectivity index is 0.00000140. The average Bonchev–Trinajstić information content (AvgIpc) is 3.37. The summed E-state index contributed by atoms with van der Waals surface area (Å²) in [6, 6.07) is -0.0569. The summed E-state index contributed by atoms with van der Waals surface area (Å²) < 4.78 is 1.80. The third kappa shape index (κ3) is 4.74. The number of hydrogen-bond acceptors (Lipinski definition) is 5. The van der Waals surface area contributed by atoms with Crippen LogP contribution in [0.3, 0.4) is 0 Å². The van der Waals surface area contributed by atoms with Gasteiger partial charge in [-0.2, -0.15) is 0 Å². The van der Waals surface area contributed by atoms with Gasteiger partial charge >= 0.3 is 0 Å². The molecule has 10 heteroatoms. The molecular weight excluding hydrogens is 403 g/mol. The SMILES string of the molecule is Cl.Cl.O=C(NCC1CCCN(C(=O)c2nccn3ccnc23)C1)C1CCCN1. The first-order valence-corrected chi connectivity index (χ1v) is 9.30. The van der Waals surface area contributed by atoms with Gasteiger partial charge in [0.15, 0.2) is 11.3 Å². The highest BCUT2D eigenvalue weighted by Gasteiger charge is 2.28. The Bertz CT molecular complexity index is 808. The van der Waals surface area contributed by atoms with E-state index in [9.17, 15) is 9.59 Å². The topological polar surface area (TPSA) is 91.6 Å². The summed E-state index contributed by atoms with van der Waals surface area (Å²) >= 11 is 0. The third-order valence-corrected chi connectivity index (χ3v) is 5.26. The molecule has 28 heavy (non-hydrogen) atoms. The molecule has 2 fully saturated rings. The van der Waals surface area contributed by atoms with Crippen molar-refractivity contribution < 1.29 is 9.59 Å². The van der Waals surface area contributed by atoms with Gasteiger partial charge in [-0.15, -0.1) is 24.8 Å². The van der Waals surface area contributed by atoms with Crippen LogP contribution in [0.4, 0.5) is 0 Å². The maximum atomic E-state index is 12.9. The number of halogens is 2.